The van der Waals surface area contributed by atoms with Gasteiger partial charge in [0.25, 0.3) is 0 Å². The Balaban J connectivity index is 1.43. The van der Waals surface area contributed by atoms with Crippen molar-refractivity contribution in [1.82, 2.24) is 15.1 Å². The third-order valence-electron chi connectivity index (χ3n) is 13.0. The van der Waals surface area contributed by atoms with Crippen LogP contribution in [0, 0.1) is 5.41 Å². The first-order valence-corrected chi connectivity index (χ1v) is 23.0. The molecule has 0 saturated carbocycles. The van der Waals surface area contributed by atoms with Gasteiger partial charge in [0.1, 0.15) is 79.0 Å². The lowest BCUT2D eigenvalue weighted by Gasteiger charge is -2.42. The van der Waals surface area contributed by atoms with Gasteiger partial charge in [0, 0.05) is 64.8 Å². The molecule has 0 aromatic carbocycles. The van der Waals surface area contributed by atoms with Crippen LogP contribution in [0.4, 0.5) is 0 Å². The summed E-state index contributed by atoms with van der Waals surface area (Å²) in [6.45, 7) is -0.979. The quantitative estimate of drug-likeness (QED) is 0.0359. The first-order chi connectivity index (χ1) is 31.9. The van der Waals surface area contributed by atoms with Crippen LogP contribution in [0.25, 0.3) is 0 Å². The van der Waals surface area contributed by atoms with Crippen molar-refractivity contribution in [3.05, 3.63) is 0 Å². The van der Waals surface area contributed by atoms with Crippen molar-refractivity contribution in [2.75, 3.05) is 72.4 Å². The maximum Gasteiger partial charge on any atom is 0.222 e. The summed E-state index contributed by atoms with van der Waals surface area (Å²) in [4.78, 5) is 55.6. The highest BCUT2D eigenvalue weighted by molar-refractivity contribution is 5.79. The molecule has 4 saturated heterocycles. The molecule has 0 unspecified atom stereocenters. The predicted molar refractivity (Wildman–Crippen MR) is 225 cm³/mol. The molecule has 15 atom stereocenters. The van der Waals surface area contributed by atoms with Crippen LogP contribution in [-0.4, -0.2) is 259 Å². The summed E-state index contributed by atoms with van der Waals surface area (Å²) in [6, 6.07) is 0. The second-order valence-corrected chi connectivity index (χ2v) is 17.6. The van der Waals surface area contributed by atoms with Gasteiger partial charge in [-0.15, -0.1) is 0 Å². The van der Waals surface area contributed by atoms with Crippen molar-refractivity contribution in [3.63, 3.8) is 0 Å². The number of rotatable bonds is 26. The monoisotopic (exact) mass is 971 g/mol. The van der Waals surface area contributed by atoms with E-state index in [2.05, 4.69) is 5.32 Å². The SMILES string of the molecule is CCC(=O)CCCCC(=O)N1CCC(CCC(=O)N(CCO[C@H]2O[C@H](CO)[C@@H](O)[C@H](O)[C@@H]2O)CCO[C@H]2O[C@H](CO)[C@@H](O)[C@H](O)[C@@H]2O)(CC(=O)NCCO[C@H]2O[C@H](CO)[C@@H](O)[C@H](O)[C@@H]2O)CC1. The zero-order chi connectivity index (χ0) is 49.4. The lowest BCUT2D eigenvalue weighted by Crippen LogP contribution is -2.59. The van der Waals surface area contributed by atoms with Crippen LogP contribution in [0.3, 0.4) is 0 Å². The number of nitrogens with one attached hydrogen (secondary N) is 1. The Kier molecular flexibility index (Phi) is 23.5. The van der Waals surface area contributed by atoms with Crippen LogP contribution in [0.2, 0.25) is 0 Å². The highest BCUT2D eigenvalue weighted by Crippen LogP contribution is 2.40. The van der Waals surface area contributed by atoms with Gasteiger partial charge in [0.2, 0.25) is 17.7 Å². The van der Waals surface area contributed by atoms with E-state index in [0.717, 1.165) is 0 Å². The number of unbranched alkanes of at least 4 members (excludes halogenated alkanes) is 1. The Morgan fingerprint density at radius 1 is 0.612 bits per heavy atom. The zero-order valence-electron chi connectivity index (χ0n) is 37.9. The van der Waals surface area contributed by atoms with E-state index in [0.29, 0.717) is 38.5 Å². The van der Waals surface area contributed by atoms with Crippen molar-refractivity contribution < 1.29 is 109 Å². The molecule has 4 heterocycles. The number of nitrogens with zero attached hydrogens (tertiary/aromatic N) is 2. The first-order valence-electron chi connectivity index (χ1n) is 23.0. The minimum absolute atomic E-state index is 0.0787. The van der Waals surface area contributed by atoms with Crippen LogP contribution in [0.15, 0.2) is 0 Å². The van der Waals surface area contributed by atoms with Gasteiger partial charge >= 0.3 is 0 Å². The van der Waals surface area contributed by atoms with Gasteiger partial charge in [-0.3, -0.25) is 19.2 Å². The summed E-state index contributed by atoms with van der Waals surface area (Å²) in [7, 11) is 0. The normalized spacial score (nSPS) is 34.4. The van der Waals surface area contributed by atoms with E-state index in [9.17, 15) is 80.5 Å². The van der Waals surface area contributed by atoms with Gasteiger partial charge in [-0.05, 0) is 37.5 Å². The molecule has 4 fully saturated rings. The number of amides is 3. The molecule has 25 nitrogen and oxygen atoms in total. The smallest absolute Gasteiger partial charge is 0.222 e. The average Bonchev–Trinajstić information content (AvgIpc) is 3.32. The Hall–Kier alpha value is -2.64. The summed E-state index contributed by atoms with van der Waals surface area (Å²) in [5.74, 6) is -0.885. The topological polar surface area (TPSA) is 385 Å². The Labute approximate surface area is 388 Å². The number of aliphatic hydroxyl groups is 12. The maximum absolute atomic E-state index is 14.1. The molecule has 0 spiro atoms. The highest BCUT2D eigenvalue weighted by atomic mass is 16.7. The van der Waals surface area contributed by atoms with Crippen molar-refractivity contribution >= 4 is 23.5 Å². The van der Waals surface area contributed by atoms with Gasteiger partial charge in [-0.2, -0.15) is 0 Å². The van der Waals surface area contributed by atoms with Crippen LogP contribution in [0.5, 0.6) is 0 Å². The molecular weight excluding hydrogens is 898 g/mol. The molecular formula is C42H73N3O22. The standard InChI is InChI=1S/C42H73N3O22/c1-2-23(49)5-3-4-6-28(51)44-12-9-42(10-13-44,19-27(50)43-11-16-62-39-36(59)33(56)30(53)24(20-46)65-39)8-7-29(52)45(14-17-63-40-37(60)34(57)31(54)25(21-47)66-40)15-18-64-41-38(61)35(58)32(55)26(22-48)67-41/h24-26,30-41,46-48,53-61H,2-22H2,1H3,(H,43,50)/t24-,25-,26-,30-,31-,32-,33+,34+,35+,36+,37+,38+,39+,40+,41+/m1/s1. The number of carbonyl (C=O) groups is 4. The molecule has 4 rings (SSSR count). The molecule has 25 heteroatoms. The van der Waals surface area contributed by atoms with Crippen molar-refractivity contribution in [2.45, 2.75) is 163 Å². The van der Waals surface area contributed by atoms with Crippen molar-refractivity contribution in [2.24, 2.45) is 5.41 Å². The number of ketones is 1. The van der Waals surface area contributed by atoms with E-state index in [1.165, 1.54) is 4.90 Å². The van der Waals surface area contributed by atoms with E-state index in [4.69, 9.17) is 28.4 Å². The maximum atomic E-state index is 14.1. The van der Waals surface area contributed by atoms with Gasteiger partial charge in [0.05, 0.1) is 39.6 Å². The lowest BCUT2D eigenvalue weighted by molar-refractivity contribution is -0.303. The fourth-order valence-corrected chi connectivity index (χ4v) is 8.51. The largest absolute Gasteiger partial charge is 0.394 e. The molecule has 0 radical (unpaired) electrons. The Morgan fingerprint density at radius 2 is 1.04 bits per heavy atom. The number of Topliss-reactive ketones (excluding diaryl/α,β-unsaturated/α-hetero) is 1. The number of carbonyl (C=O) groups excluding carboxylic acids is 4. The average molecular weight is 972 g/mol. The molecule has 0 aromatic rings. The summed E-state index contributed by atoms with van der Waals surface area (Å²) in [5.41, 5.74) is -0.812. The number of ether oxygens (including phenoxy) is 6. The highest BCUT2D eigenvalue weighted by Gasteiger charge is 2.47. The molecule has 0 bridgehead atoms. The molecule has 0 aliphatic carbocycles. The van der Waals surface area contributed by atoms with Gasteiger partial charge in [-0.25, -0.2) is 0 Å². The number of aliphatic hydroxyl groups excluding tert-OH is 12. The van der Waals surface area contributed by atoms with E-state index >= 15 is 0 Å². The zero-order valence-corrected chi connectivity index (χ0v) is 37.9. The van der Waals surface area contributed by atoms with Gasteiger partial charge < -0.3 is 105 Å². The number of piperidine rings is 1. The van der Waals surface area contributed by atoms with Crippen molar-refractivity contribution in [3.8, 4) is 0 Å². The van der Waals surface area contributed by atoms with E-state index < -0.39 is 129 Å². The fraction of sp³-hybridized carbons (Fsp3) is 0.905. The van der Waals surface area contributed by atoms with Crippen LogP contribution >= 0.6 is 0 Å². The number of likely N-dealkylation sites (tertiary alicyclic amines) is 1. The summed E-state index contributed by atoms with van der Waals surface area (Å²) >= 11 is 0. The van der Waals surface area contributed by atoms with Gasteiger partial charge in [0.15, 0.2) is 18.9 Å². The minimum atomic E-state index is -1.72. The molecule has 13 N–H and O–H groups in total. The predicted octanol–water partition coefficient (Wildman–Crippen LogP) is -6.30. The Bertz CT molecular complexity index is 1480. The minimum Gasteiger partial charge on any atom is -0.394 e. The van der Waals surface area contributed by atoms with Gasteiger partial charge in [-0.1, -0.05) is 6.92 Å². The van der Waals surface area contributed by atoms with E-state index in [1.54, 1.807) is 11.8 Å². The third-order valence-corrected chi connectivity index (χ3v) is 13.0. The third kappa shape index (κ3) is 15.9. The van der Waals surface area contributed by atoms with Crippen molar-refractivity contribution in [1.29, 1.82) is 0 Å². The molecule has 3 amide bonds. The summed E-state index contributed by atoms with van der Waals surface area (Å²) < 4.78 is 33.0. The number of hydrogen-bond donors (Lipinski definition) is 13. The lowest BCUT2D eigenvalue weighted by atomic mass is 9.72. The molecule has 0 aromatic heterocycles. The second kappa shape index (κ2) is 27.7. The molecule has 67 heavy (non-hydrogen) atoms. The first kappa shape index (κ1) is 56.9. The Morgan fingerprint density at radius 3 is 1.48 bits per heavy atom. The van der Waals surface area contributed by atoms with Crippen LogP contribution < -0.4 is 5.32 Å². The fourth-order valence-electron chi connectivity index (χ4n) is 8.51. The number of hydrogen-bond acceptors (Lipinski definition) is 22. The van der Waals surface area contributed by atoms with Crippen LogP contribution in [-0.2, 0) is 47.6 Å². The summed E-state index contributed by atoms with van der Waals surface area (Å²) in [5, 5.41) is 123. The molecule has 388 valence electrons. The van der Waals surface area contributed by atoms with Crippen LogP contribution in [0.1, 0.15) is 71.1 Å². The van der Waals surface area contributed by atoms with E-state index in [-0.39, 0.29) is 89.9 Å². The molecule has 4 aliphatic heterocycles. The molecule has 4 aliphatic rings. The second-order valence-electron chi connectivity index (χ2n) is 17.6. The summed E-state index contributed by atoms with van der Waals surface area (Å²) in [6.07, 6.45) is -20.4. The van der Waals surface area contributed by atoms with E-state index in [1.807, 2.05) is 0 Å².